The van der Waals surface area contributed by atoms with Crippen molar-refractivity contribution in [2.75, 3.05) is 6.61 Å². The first-order valence-electron chi connectivity index (χ1n) is 6.59. The highest BCUT2D eigenvalue weighted by atomic mass is 16.6. The molecule has 0 saturated carbocycles. The summed E-state index contributed by atoms with van der Waals surface area (Å²) in [5, 5.41) is 2.70. The zero-order valence-corrected chi connectivity index (χ0v) is 12.1. The molecule has 20 heavy (non-hydrogen) atoms. The lowest BCUT2D eigenvalue weighted by Gasteiger charge is -2.21. The van der Waals surface area contributed by atoms with E-state index in [4.69, 9.17) is 9.47 Å². The Balaban J connectivity index is 2.39. The van der Waals surface area contributed by atoms with Crippen molar-refractivity contribution in [1.82, 2.24) is 5.32 Å². The number of amides is 1. The number of carbonyl (C=O) groups excluding carboxylic acids is 2. The number of carbonyl (C=O) groups is 2. The molecule has 0 radical (unpaired) electrons. The molecular formula is C15H21NO4. The van der Waals surface area contributed by atoms with E-state index in [-0.39, 0.29) is 31.1 Å². The van der Waals surface area contributed by atoms with Gasteiger partial charge in [0.25, 0.3) is 0 Å². The number of nitrogens with one attached hydrogen (secondary N) is 1. The lowest BCUT2D eigenvalue weighted by molar-refractivity contribution is -0.142. The molecule has 0 heterocycles. The van der Waals surface area contributed by atoms with Gasteiger partial charge in [-0.15, -0.1) is 0 Å². The molecule has 5 heteroatoms. The van der Waals surface area contributed by atoms with Gasteiger partial charge in [-0.2, -0.15) is 0 Å². The second-order valence-electron chi connectivity index (χ2n) is 4.86. The fourth-order valence-electron chi connectivity index (χ4n) is 1.52. The summed E-state index contributed by atoms with van der Waals surface area (Å²) in [5.41, 5.74) is 0.920. The number of rotatable bonds is 6. The van der Waals surface area contributed by atoms with Gasteiger partial charge in [-0.05, 0) is 11.5 Å². The van der Waals surface area contributed by atoms with Crippen LogP contribution in [0.3, 0.4) is 0 Å². The summed E-state index contributed by atoms with van der Waals surface area (Å²) in [6, 6.07) is 9.17. The van der Waals surface area contributed by atoms with Crippen LogP contribution in [0.15, 0.2) is 30.3 Å². The smallest absolute Gasteiger partial charge is 0.407 e. The van der Waals surface area contributed by atoms with Gasteiger partial charge in [-0.3, -0.25) is 4.79 Å². The maximum absolute atomic E-state index is 11.7. The molecule has 1 aromatic rings. The van der Waals surface area contributed by atoms with E-state index < -0.39 is 6.09 Å². The minimum absolute atomic E-state index is 0.138. The summed E-state index contributed by atoms with van der Waals surface area (Å²) in [6.45, 7) is 5.57. The molecule has 1 aromatic carbocycles. The molecule has 0 fully saturated rings. The third kappa shape index (κ3) is 6.22. The highest BCUT2D eigenvalue weighted by Crippen LogP contribution is 2.05. The molecule has 0 bridgehead atoms. The summed E-state index contributed by atoms with van der Waals surface area (Å²) in [5.74, 6) is -0.228. The Kier molecular flexibility index (Phi) is 6.56. The highest BCUT2D eigenvalue weighted by molar-refractivity contribution is 5.68. The summed E-state index contributed by atoms with van der Waals surface area (Å²) in [6.07, 6.45) is -0.514. The largest absolute Gasteiger partial charge is 0.464 e. The van der Waals surface area contributed by atoms with Gasteiger partial charge in [0.1, 0.15) is 13.2 Å². The van der Waals surface area contributed by atoms with Crippen molar-refractivity contribution in [1.29, 1.82) is 0 Å². The second kappa shape index (κ2) is 8.19. The van der Waals surface area contributed by atoms with Crippen molar-refractivity contribution >= 4 is 12.1 Å². The van der Waals surface area contributed by atoms with Crippen LogP contribution >= 0.6 is 0 Å². The maximum Gasteiger partial charge on any atom is 0.407 e. The minimum Gasteiger partial charge on any atom is -0.464 e. The molecular weight excluding hydrogens is 258 g/mol. The molecule has 1 atom stereocenters. The van der Waals surface area contributed by atoms with Gasteiger partial charge in [0.15, 0.2) is 0 Å². The van der Waals surface area contributed by atoms with Crippen LogP contribution in [-0.4, -0.2) is 24.7 Å². The molecule has 1 N–H and O–H groups in total. The van der Waals surface area contributed by atoms with Crippen molar-refractivity contribution < 1.29 is 19.1 Å². The normalized spacial score (nSPS) is 11.8. The molecule has 1 amide bonds. The predicted octanol–water partition coefficient (Wildman–Crippen LogP) is 2.50. The lowest BCUT2D eigenvalue weighted by atomic mass is 10.1. The Labute approximate surface area is 119 Å². The molecule has 0 spiro atoms. The molecule has 0 aliphatic rings. The summed E-state index contributed by atoms with van der Waals surface area (Å²) in [4.78, 5) is 22.5. The van der Waals surface area contributed by atoms with E-state index in [0.29, 0.717) is 0 Å². The van der Waals surface area contributed by atoms with Crippen molar-refractivity contribution in [3.05, 3.63) is 35.9 Å². The van der Waals surface area contributed by atoms with Gasteiger partial charge in [0.05, 0.1) is 6.04 Å². The Morgan fingerprint density at radius 1 is 1.15 bits per heavy atom. The van der Waals surface area contributed by atoms with Gasteiger partial charge in [0, 0.05) is 6.92 Å². The van der Waals surface area contributed by atoms with Gasteiger partial charge in [-0.25, -0.2) is 4.79 Å². The molecule has 0 saturated heterocycles. The zero-order valence-electron chi connectivity index (χ0n) is 12.1. The minimum atomic E-state index is -0.514. The van der Waals surface area contributed by atoms with E-state index in [0.717, 1.165) is 5.56 Å². The Hall–Kier alpha value is -2.04. The second-order valence-corrected chi connectivity index (χ2v) is 4.86. The van der Waals surface area contributed by atoms with Gasteiger partial charge in [0.2, 0.25) is 0 Å². The lowest BCUT2D eigenvalue weighted by Crippen LogP contribution is -2.42. The third-order valence-corrected chi connectivity index (χ3v) is 2.79. The monoisotopic (exact) mass is 279 g/mol. The van der Waals surface area contributed by atoms with Crippen molar-refractivity contribution in [2.45, 2.75) is 33.4 Å². The van der Waals surface area contributed by atoms with Crippen LogP contribution in [0.5, 0.6) is 0 Å². The number of ether oxygens (including phenoxy) is 2. The van der Waals surface area contributed by atoms with Crippen LogP contribution in [0.2, 0.25) is 0 Å². The van der Waals surface area contributed by atoms with E-state index in [1.807, 2.05) is 44.2 Å². The summed E-state index contributed by atoms with van der Waals surface area (Å²) in [7, 11) is 0. The number of hydrogen-bond donors (Lipinski definition) is 1. The van der Waals surface area contributed by atoms with Crippen LogP contribution in [0.4, 0.5) is 4.79 Å². The zero-order chi connectivity index (χ0) is 15.0. The highest BCUT2D eigenvalue weighted by Gasteiger charge is 2.18. The van der Waals surface area contributed by atoms with Crippen LogP contribution in [0, 0.1) is 5.92 Å². The molecule has 0 aliphatic heterocycles. The quantitative estimate of drug-likeness (QED) is 0.813. The molecule has 0 aromatic heterocycles. The van der Waals surface area contributed by atoms with Gasteiger partial charge in [-0.1, -0.05) is 44.2 Å². The maximum atomic E-state index is 11.7. The van der Waals surface area contributed by atoms with E-state index in [2.05, 4.69) is 5.32 Å². The van der Waals surface area contributed by atoms with Crippen LogP contribution in [0.25, 0.3) is 0 Å². The van der Waals surface area contributed by atoms with Crippen molar-refractivity contribution in [3.63, 3.8) is 0 Å². The third-order valence-electron chi connectivity index (χ3n) is 2.79. The first-order valence-corrected chi connectivity index (χ1v) is 6.59. The Morgan fingerprint density at radius 3 is 2.35 bits per heavy atom. The summed E-state index contributed by atoms with van der Waals surface area (Å²) < 4.78 is 10.0. The fourth-order valence-corrected chi connectivity index (χ4v) is 1.52. The molecule has 1 unspecified atom stereocenters. The Morgan fingerprint density at radius 2 is 1.80 bits per heavy atom. The number of hydrogen-bond acceptors (Lipinski definition) is 4. The molecule has 1 rings (SSSR count). The van der Waals surface area contributed by atoms with E-state index in [1.165, 1.54) is 6.92 Å². The summed E-state index contributed by atoms with van der Waals surface area (Å²) >= 11 is 0. The van der Waals surface area contributed by atoms with Crippen molar-refractivity contribution in [2.24, 2.45) is 5.92 Å². The van der Waals surface area contributed by atoms with E-state index in [1.54, 1.807) is 0 Å². The van der Waals surface area contributed by atoms with Crippen LogP contribution in [-0.2, 0) is 20.9 Å². The average molecular weight is 279 g/mol. The van der Waals surface area contributed by atoms with E-state index in [9.17, 15) is 9.59 Å². The SMILES string of the molecule is CC(=O)OCC(NC(=O)OCc1ccccc1)C(C)C. The number of esters is 1. The molecule has 110 valence electrons. The van der Waals surface area contributed by atoms with Crippen molar-refractivity contribution in [3.8, 4) is 0 Å². The molecule has 0 aliphatic carbocycles. The Bertz CT molecular complexity index is 431. The first kappa shape index (κ1) is 16.0. The molecule has 5 nitrogen and oxygen atoms in total. The van der Waals surface area contributed by atoms with Gasteiger partial charge < -0.3 is 14.8 Å². The predicted molar refractivity (Wildman–Crippen MR) is 75.0 cm³/mol. The van der Waals surface area contributed by atoms with Gasteiger partial charge >= 0.3 is 12.1 Å². The number of benzene rings is 1. The first-order chi connectivity index (χ1) is 9.49. The topological polar surface area (TPSA) is 64.6 Å². The van der Waals surface area contributed by atoms with Crippen LogP contribution < -0.4 is 5.32 Å². The number of alkyl carbamates (subject to hydrolysis) is 1. The van der Waals surface area contributed by atoms with E-state index >= 15 is 0 Å². The standard InChI is InChI=1S/C15H21NO4/c1-11(2)14(10-19-12(3)17)16-15(18)20-9-13-7-5-4-6-8-13/h4-8,11,14H,9-10H2,1-3H3,(H,16,18). The van der Waals surface area contributed by atoms with Crippen LogP contribution in [0.1, 0.15) is 26.3 Å². The fraction of sp³-hybridized carbons (Fsp3) is 0.467. The average Bonchev–Trinajstić information content (AvgIpc) is 2.41.